The van der Waals surface area contributed by atoms with E-state index in [9.17, 15) is 4.79 Å². The van der Waals surface area contributed by atoms with Crippen LogP contribution in [0.15, 0.2) is 48.7 Å². The molecule has 4 nitrogen and oxygen atoms in total. The number of nitrogens with one attached hydrogen (secondary N) is 2. The number of carbonyl (C=O) groups excluding carboxylic acids is 1. The van der Waals surface area contributed by atoms with Gasteiger partial charge >= 0.3 is 0 Å². The van der Waals surface area contributed by atoms with E-state index in [0.717, 1.165) is 24.2 Å². The average Bonchev–Trinajstić information content (AvgIpc) is 2.48. The molecule has 1 amide bonds. The van der Waals surface area contributed by atoms with Crippen molar-refractivity contribution in [3.63, 3.8) is 0 Å². The minimum absolute atomic E-state index is 0.0168. The zero-order chi connectivity index (χ0) is 14.2. The molecule has 2 rings (SSSR count). The van der Waals surface area contributed by atoms with Crippen LogP contribution in [-0.4, -0.2) is 10.9 Å². The Morgan fingerprint density at radius 2 is 1.90 bits per heavy atom. The highest BCUT2D eigenvalue weighted by Crippen LogP contribution is 2.16. The summed E-state index contributed by atoms with van der Waals surface area (Å²) < 4.78 is 0. The third kappa shape index (κ3) is 4.39. The Hall–Kier alpha value is -2.36. The number of amides is 1. The van der Waals surface area contributed by atoms with Crippen molar-refractivity contribution in [2.75, 3.05) is 10.6 Å². The van der Waals surface area contributed by atoms with Crippen LogP contribution in [0, 0.1) is 0 Å². The van der Waals surface area contributed by atoms with E-state index in [2.05, 4.69) is 22.5 Å². The van der Waals surface area contributed by atoms with E-state index in [1.165, 1.54) is 0 Å². The maximum atomic E-state index is 11.6. The summed E-state index contributed by atoms with van der Waals surface area (Å²) in [4.78, 5) is 15.8. The van der Waals surface area contributed by atoms with Crippen LogP contribution in [0.5, 0.6) is 0 Å². The molecular weight excluding hydrogens is 250 g/mol. The SMILES string of the molecule is CCCCC(=O)Nc1ccc(Nc2ccccc2)cn1. The van der Waals surface area contributed by atoms with Crippen LogP contribution >= 0.6 is 0 Å². The summed E-state index contributed by atoms with van der Waals surface area (Å²) in [5, 5.41) is 6.03. The van der Waals surface area contributed by atoms with E-state index < -0.39 is 0 Å². The Bertz CT molecular complexity index is 537. The number of pyridine rings is 1. The van der Waals surface area contributed by atoms with Crippen LogP contribution in [0.1, 0.15) is 26.2 Å². The predicted molar refractivity (Wildman–Crippen MR) is 82.1 cm³/mol. The molecule has 2 aromatic rings. The summed E-state index contributed by atoms with van der Waals surface area (Å²) >= 11 is 0. The Labute approximate surface area is 119 Å². The Balaban J connectivity index is 1.91. The molecule has 0 unspecified atom stereocenters. The van der Waals surface area contributed by atoms with Crippen molar-refractivity contribution >= 4 is 23.1 Å². The van der Waals surface area contributed by atoms with Gasteiger partial charge in [-0.15, -0.1) is 0 Å². The van der Waals surface area contributed by atoms with Gasteiger partial charge in [-0.1, -0.05) is 31.5 Å². The summed E-state index contributed by atoms with van der Waals surface area (Å²) in [6.07, 6.45) is 4.17. The number of nitrogens with zero attached hydrogens (tertiary/aromatic N) is 1. The van der Waals surface area contributed by atoms with Gasteiger partial charge in [0.05, 0.1) is 11.9 Å². The van der Waals surface area contributed by atoms with Gasteiger partial charge in [0.25, 0.3) is 0 Å². The lowest BCUT2D eigenvalue weighted by atomic mass is 10.2. The molecule has 0 aliphatic heterocycles. The quantitative estimate of drug-likeness (QED) is 0.834. The summed E-state index contributed by atoms with van der Waals surface area (Å²) in [5.41, 5.74) is 1.90. The van der Waals surface area contributed by atoms with Gasteiger partial charge in [-0.05, 0) is 30.7 Å². The second-order valence-corrected chi connectivity index (χ2v) is 4.57. The van der Waals surface area contributed by atoms with Gasteiger partial charge in [-0.3, -0.25) is 4.79 Å². The number of para-hydroxylation sites is 1. The monoisotopic (exact) mass is 269 g/mol. The van der Waals surface area contributed by atoms with Crippen molar-refractivity contribution < 1.29 is 4.79 Å². The lowest BCUT2D eigenvalue weighted by molar-refractivity contribution is -0.116. The Morgan fingerprint density at radius 3 is 2.55 bits per heavy atom. The van der Waals surface area contributed by atoms with E-state index >= 15 is 0 Å². The fourth-order valence-electron chi connectivity index (χ4n) is 1.77. The molecule has 1 heterocycles. The van der Waals surface area contributed by atoms with Crippen LogP contribution in [-0.2, 0) is 4.79 Å². The van der Waals surface area contributed by atoms with E-state index in [0.29, 0.717) is 12.2 Å². The topological polar surface area (TPSA) is 54.0 Å². The van der Waals surface area contributed by atoms with Crippen molar-refractivity contribution in [1.29, 1.82) is 0 Å². The van der Waals surface area contributed by atoms with Crippen molar-refractivity contribution in [3.8, 4) is 0 Å². The largest absolute Gasteiger partial charge is 0.354 e. The first-order chi connectivity index (χ1) is 9.78. The number of anilines is 3. The lowest BCUT2D eigenvalue weighted by Gasteiger charge is -2.07. The van der Waals surface area contributed by atoms with E-state index in [-0.39, 0.29) is 5.91 Å². The number of aromatic nitrogens is 1. The molecule has 0 bridgehead atoms. The van der Waals surface area contributed by atoms with Crippen molar-refractivity contribution in [1.82, 2.24) is 4.98 Å². The maximum absolute atomic E-state index is 11.6. The Morgan fingerprint density at radius 1 is 1.10 bits per heavy atom. The summed E-state index contributed by atoms with van der Waals surface area (Å²) in [7, 11) is 0. The highest BCUT2D eigenvalue weighted by atomic mass is 16.1. The molecule has 2 N–H and O–H groups in total. The van der Waals surface area contributed by atoms with Crippen LogP contribution in [0.3, 0.4) is 0 Å². The smallest absolute Gasteiger partial charge is 0.225 e. The van der Waals surface area contributed by atoms with Gasteiger partial charge in [-0.2, -0.15) is 0 Å². The molecule has 0 spiro atoms. The average molecular weight is 269 g/mol. The number of unbranched alkanes of at least 4 members (excludes halogenated alkanes) is 1. The van der Waals surface area contributed by atoms with Crippen LogP contribution in [0.2, 0.25) is 0 Å². The third-order valence-electron chi connectivity index (χ3n) is 2.85. The molecule has 4 heteroatoms. The van der Waals surface area contributed by atoms with Crippen molar-refractivity contribution in [3.05, 3.63) is 48.7 Å². The first kappa shape index (κ1) is 14.1. The van der Waals surface area contributed by atoms with Gasteiger partial charge in [-0.25, -0.2) is 4.98 Å². The minimum Gasteiger partial charge on any atom is -0.354 e. The molecule has 0 atom stereocenters. The number of carbonyl (C=O) groups is 1. The van der Waals surface area contributed by atoms with Crippen molar-refractivity contribution in [2.24, 2.45) is 0 Å². The van der Waals surface area contributed by atoms with Gasteiger partial charge in [0.2, 0.25) is 5.91 Å². The number of rotatable bonds is 6. The Kier molecular flexibility index (Phi) is 5.12. The van der Waals surface area contributed by atoms with E-state index in [4.69, 9.17) is 0 Å². The third-order valence-corrected chi connectivity index (χ3v) is 2.85. The van der Waals surface area contributed by atoms with Crippen LogP contribution < -0.4 is 10.6 Å². The second kappa shape index (κ2) is 7.28. The van der Waals surface area contributed by atoms with E-state index in [1.54, 1.807) is 12.3 Å². The zero-order valence-electron chi connectivity index (χ0n) is 11.6. The molecule has 0 aliphatic carbocycles. The number of benzene rings is 1. The van der Waals surface area contributed by atoms with Gasteiger partial charge in [0.15, 0.2) is 0 Å². The van der Waals surface area contributed by atoms with Crippen LogP contribution in [0.4, 0.5) is 17.2 Å². The summed E-state index contributed by atoms with van der Waals surface area (Å²) in [5.74, 6) is 0.604. The molecule has 0 fully saturated rings. The predicted octanol–water partition coefficient (Wildman–Crippen LogP) is 3.95. The second-order valence-electron chi connectivity index (χ2n) is 4.57. The summed E-state index contributed by atoms with van der Waals surface area (Å²) in [6.45, 7) is 2.07. The molecule has 104 valence electrons. The molecule has 1 aromatic carbocycles. The molecule has 0 aliphatic rings. The van der Waals surface area contributed by atoms with Gasteiger partial charge in [0.1, 0.15) is 5.82 Å². The van der Waals surface area contributed by atoms with Crippen LogP contribution in [0.25, 0.3) is 0 Å². The normalized spacial score (nSPS) is 10.1. The molecule has 0 saturated carbocycles. The summed E-state index contributed by atoms with van der Waals surface area (Å²) in [6, 6.07) is 13.6. The lowest BCUT2D eigenvalue weighted by Crippen LogP contribution is -2.12. The number of hydrogen-bond acceptors (Lipinski definition) is 3. The molecule has 1 aromatic heterocycles. The van der Waals surface area contributed by atoms with E-state index in [1.807, 2.05) is 36.4 Å². The molecule has 20 heavy (non-hydrogen) atoms. The highest BCUT2D eigenvalue weighted by Gasteiger charge is 2.02. The first-order valence-corrected chi connectivity index (χ1v) is 6.86. The fourth-order valence-corrected chi connectivity index (χ4v) is 1.77. The molecular formula is C16H19N3O. The maximum Gasteiger partial charge on any atom is 0.225 e. The van der Waals surface area contributed by atoms with Crippen molar-refractivity contribution in [2.45, 2.75) is 26.2 Å². The molecule has 0 radical (unpaired) electrons. The van der Waals surface area contributed by atoms with Gasteiger partial charge < -0.3 is 10.6 Å². The highest BCUT2D eigenvalue weighted by molar-refractivity contribution is 5.89. The first-order valence-electron chi connectivity index (χ1n) is 6.86. The fraction of sp³-hybridized carbons (Fsp3) is 0.250. The molecule has 0 saturated heterocycles. The van der Waals surface area contributed by atoms with Gasteiger partial charge in [0, 0.05) is 12.1 Å². The minimum atomic E-state index is 0.0168. The number of hydrogen-bond donors (Lipinski definition) is 2. The standard InChI is InChI=1S/C16H19N3O/c1-2-3-9-16(20)19-15-11-10-14(12-17-15)18-13-7-5-4-6-8-13/h4-8,10-12,18H,2-3,9H2,1H3,(H,17,19,20). The zero-order valence-corrected chi connectivity index (χ0v) is 11.6.